The van der Waals surface area contributed by atoms with Gasteiger partial charge in [0.05, 0.1) is 4.90 Å². The number of nitrogens with one attached hydrogen (secondary N) is 2. The van der Waals surface area contributed by atoms with Gasteiger partial charge in [0, 0.05) is 17.8 Å². The van der Waals surface area contributed by atoms with Crippen molar-refractivity contribution >= 4 is 21.6 Å². The largest absolute Gasteiger partial charge is 0.322 e. The van der Waals surface area contributed by atoms with Crippen molar-refractivity contribution in [3.8, 4) is 0 Å². The maximum atomic E-state index is 11.9. The van der Waals surface area contributed by atoms with E-state index in [1.54, 1.807) is 19.1 Å². The molecule has 0 atom stereocenters. The number of hydrogen-bond acceptors (Lipinski definition) is 3. The predicted octanol–water partition coefficient (Wildman–Crippen LogP) is 2.28. The fraction of sp³-hybridized carbons (Fsp3) is 0.357. The first-order valence-corrected chi connectivity index (χ1v) is 7.91. The molecule has 1 aromatic rings. The molecule has 0 unspecified atom stereocenters. The highest BCUT2D eigenvalue weighted by molar-refractivity contribution is 7.89. The Balaban J connectivity index is 2.75. The van der Waals surface area contributed by atoms with Crippen LogP contribution in [0.5, 0.6) is 0 Å². The Labute approximate surface area is 120 Å². The van der Waals surface area contributed by atoms with Crippen LogP contribution in [-0.2, 0) is 14.8 Å². The first kappa shape index (κ1) is 16.4. The van der Waals surface area contributed by atoms with Crippen LogP contribution in [0.4, 0.5) is 5.69 Å². The minimum Gasteiger partial charge on any atom is -0.322 e. The van der Waals surface area contributed by atoms with Crippen molar-refractivity contribution in [1.82, 2.24) is 4.72 Å². The molecule has 0 saturated heterocycles. The van der Waals surface area contributed by atoms with Crippen LogP contribution < -0.4 is 10.0 Å². The van der Waals surface area contributed by atoms with Crippen LogP contribution in [0.3, 0.4) is 0 Å². The lowest BCUT2D eigenvalue weighted by Gasteiger charge is -2.08. The van der Waals surface area contributed by atoms with Gasteiger partial charge in [-0.15, -0.1) is 0 Å². The molecule has 0 aliphatic rings. The zero-order chi connectivity index (χ0) is 15.2. The zero-order valence-electron chi connectivity index (χ0n) is 11.8. The first-order chi connectivity index (χ1) is 9.36. The molecule has 0 saturated carbocycles. The van der Waals surface area contributed by atoms with Crippen LogP contribution >= 0.6 is 0 Å². The summed E-state index contributed by atoms with van der Waals surface area (Å²) in [6.45, 7) is 7.55. The number of carbonyl (C=O) groups is 1. The van der Waals surface area contributed by atoms with E-state index in [1.807, 2.05) is 6.92 Å². The van der Waals surface area contributed by atoms with Crippen molar-refractivity contribution in [3.05, 3.63) is 36.4 Å². The molecule has 0 heterocycles. The molecule has 1 rings (SSSR count). The van der Waals surface area contributed by atoms with E-state index in [-0.39, 0.29) is 10.8 Å². The first-order valence-electron chi connectivity index (χ1n) is 6.43. The Kier molecular flexibility index (Phi) is 5.91. The highest BCUT2D eigenvalue weighted by Crippen LogP contribution is 2.14. The average Bonchev–Trinajstić information content (AvgIpc) is 2.39. The third-order valence-corrected chi connectivity index (χ3v) is 4.11. The second-order valence-corrected chi connectivity index (χ2v) is 6.28. The molecule has 0 aliphatic carbocycles. The van der Waals surface area contributed by atoms with Gasteiger partial charge in [-0.05, 0) is 37.6 Å². The van der Waals surface area contributed by atoms with E-state index in [4.69, 9.17) is 0 Å². The smallest absolute Gasteiger partial charge is 0.250 e. The summed E-state index contributed by atoms with van der Waals surface area (Å²) >= 11 is 0. The van der Waals surface area contributed by atoms with Crippen LogP contribution in [0.1, 0.15) is 26.7 Å². The summed E-state index contributed by atoms with van der Waals surface area (Å²) in [6, 6.07) is 6.02. The standard InChI is InChI=1S/C14H20N2O3S/c1-4-5-10-15-20(18,19)13-8-6-12(7-9-13)16-14(17)11(2)3/h6-9,15H,2,4-5,10H2,1,3H3,(H,16,17). The average molecular weight is 296 g/mol. The minimum atomic E-state index is -3.47. The number of hydrogen-bond donors (Lipinski definition) is 2. The number of benzene rings is 1. The van der Waals surface area contributed by atoms with Gasteiger partial charge in [0.1, 0.15) is 0 Å². The molecule has 6 heteroatoms. The Bertz CT molecular complexity index is 577. The summed E-state index contributed by atoms with van der Waals surface area (Å²) in [5.41, 5.74) is 0.924. The van der Waals surface area contributed by atoms with Gasteiger partial charge in [-0.3, -0.25) is 4.79 Å². The monoisotopic (exact) mass is 296 g/mol. The molecule has 5 nitrogen and oxygen atoms in total. The van der Waals surface area contributed by atoms with Gasteiger partial charge in [0.25, 0.3) is 5.91 Å². The van der Waals surface area contributed by atoms with Crippen LogP contribution in [0.15, 0.2) is 41.3 Å². The summed E-state index contributed by atoms with van der Waals surface area (Å²) < 4.78 is 26.4. The lowest BCUT2D eigenvalue weighted by atomic mass is 10.3. The van der Waals surface area contributed by atoms with Gasteiger partial charge >= 0.3 is 0 Å². The van der Waals surface area contributed by atoms with E-state index >= 15 is 0 Å². The van der Waals surface area contributed by atoms with Gasteiger partial charge < -0.3 is 5.32 Å². The van der Waals surface area contributed by atoms with E-state index < -0.39 is 10.0 Å². The van der Waals surface area contributed by atoms with Crippen LogP contribution in [0.25, 0.3) is 0 Å². The van der Waals surface area contributed by atoms with Crippen molar-refractivity contribution in [2.24, 2.45) is 0 Å². The highest BCUT2D eigenvalue weighted by atomic mass is 32.2. The van der Waals surface area contributed by atoms with E-state index in [2.05, 4.69) is 16.6 Å². The summed E-state index contributed by atoms with van der Waals surface area (Å²) in [7, 11) is -3.47. The second kappa shape index (κ2) is 7.21. The third kappa shape index (κ3) is 4.79. The molecule has 2 N–H and O–H groups in total. The van der Waals surface area contributed by atoms with Gasteiger partial charge in [0.15, 0.2) is 0 Å². The maximum absolute atomic E-state index is 11.9. The molecule has 0 aliphatic heterocycles. The van der Waals surface area contributed by atoms with Crippen LogP contribution in [-0.4, -0.2) is 20.9 Å². The van der Waals surface area contributed by atoms with E-state index in [0.29, 0.717) is 17.8 Å². The fourth-order valence-electron chi connectivity index (χ4n) is 1.42. The Morgan fingerprint density at radius 3 is 2.35 bits per heavy atom. The van der Waals surface area contributed by atoms with E-state index in [0.717, 1.165) is 12.8 Å². The van der Waals surface area contributed by atoms with Crippen molar-refractivity contribution < 1.29 is 13.2 Å². The highest BCUT2D eigenvalue weighted by Gasteiger charge is 2.13. The molecule has 0 bridgehead atoms. The van der Waals surface area contributed by atoms with Gasteiger partial charge in [-0.25, -0.2) is 13.1 Å². The molecule has 110 valence electrons. The second-order valence-electron chi connectivity index (χ2n) is 4.51. The van der Waals surface area contributed by atoms with Crippen molar-refractivity contribution in [2.45, 2.75) is 31.6 Å². The van der Waals surface area contributed by atoms with Crippen molar-refractivity contribution in [1.29, 1.82) is 0 Å². The zero-order valence-corrected chi connectivity index (χ0v) is 12.6. The summed E-state index contributed by atoms with van der Waals surface area (Å²) in [4.78, 5) is 11.6. The molecular weight excluding hydrogens is 276 g/mol. The molecule has 0 aromatic heterocycles. The normalized spacial score (nSPS) is 11.1. The topological polar surface area (TPSA) is 75.3 Å². The van der Waals surface area contributed by atoms with Crippen LogP contribution in [0.2, 0.25) is 0 Å². The SMILES string of the molecule is C=C(C)C(=O)Nc1ccc(S(=O)(=O)NCCCC)cc1. The number of sulfonamides is 1. The molecule has 0 radical (unpaired) electrons. The molecular formula is C14H20N2O3S. The predicted molar refractivity (Wildman–Crippen MR) is 80.0 cm³/mol. The Hall–Kier alpha value is -1.66. The number of carbonyl (C=O) groups excluding carboxylic acids is 1. The fourth-order valence-corrected chi connectivity index (χ4v) is 2.50. The summed E-state index contributed by atoms with van der Waals surface area (Å²) in [5.74, 6) is -0.290. The summed E-state index contributed by atoms with van der Waals surface area (Å²) in [6.07, 6.45) is 1.72. The van der Waals surface area contributed by atoms with Crippen molar-refractivity contribution in [2.75, 3.05) is 11.9 Å². The summed E-state index contributed by atoms with van der Waals surface area (Å²) in [5, 5.41) is 2.62. The number of rotatable bonds is 7. The van der Waals surface area contributed by atoms with E-state index in [9.17, 15) is 13.2 Å². The lowest BCUT2D eigenvalue weighted by Crippen LogP contribution is -2.24. The van der Waals surface area contributed by atoms with Crippen LogP contribution in [0, 0.1) is 0 Å². The molecule has 0 fully saturated rings. The molecule has 0 spiro atoms. The van der Waals surface area contributed by atoms with Gasteiger partial charge in [-0.2, -0.15) is 0 Å². The minimum absolute atomic E-state index is 0.182. The Morgan fingerprint density at radius 2 is 1.85 bits per heavy atom. The quantitative estimate of drug-likeness (QED) is 0.599. The number of amides is 1. The Morgan fingerprint density at radius 1 is 1.25 bits per heavy atom. The van der Waals surface area contributed by atoms with Crippen molar-refractivity contribution in [3.63, 3.8) is 0 Å². The lowest BCUT2D eigenvalue weighted by molar-refractivity contribution is -0.112. The molecule has 20 heavy (non-hydrogen) atoms. The van der Waals surface area contributed by atoms with Gasteiger partial charge in [0.2, 0.25) is 10.0 Å². The number of unbranched alkanes of at least 4 members (excludes halogenated alkanes) is 1. The van der Waals surface area contributed by atoms with E-state index in [1.165, 1.54) is 12.1 Å². The van der Waals surface area contributed by atoms with Gasteiger partial charge in [-0.1, -0.05) is 19.9 Å². The molecule has 1 aromatic carbocycles. The number of anilines is 1. The third-order valence-electron chi connectivity index (χ3n) is 2.63. The molecule has 1 amide bonds. The maximum Gasteiger partial charge on any atom is 0.250 e.